The quantitative estimate of drug-likeness (QED) is 0.596. The molecular formula is C15H14F3N3O2. The van der Waals surface area contributed by atoms with Crippen molar-refractivity contribution in [2.45, 2.75) is 19.7 Å². The van der Waals surface area contributed by atoms with Crippen LogP contribution < -0.4 is 5.43 Å². The molecule has 0 fully saturated rings. The summed E-state index contributed by atoms with van der Waals surface area (Å²) in [6, 6.07) is 4.56. The number of aromatic nitrogens is 1. The molecule has 0 aliphatic rings. The van der Waals surface area contributed by atoms with E-state index in [2.05, 4.69) is 15.5 Å². The fraction of sp³-hybridized carbons (Fsp3) is 0.200. The Balaban J connectivity index is 2.22. The van der Waals surface area contributed by atoms with Crippen molar-refractivity contribution in [3.8, 4) is 5.75 Å². The molecule has 0 aliphatic carbocycles. The van der Waals surface area contributed by atoms with Gasteiger partial charge in [0.15, 0.2) is 0 Å². The number of alkyl halides is 3. The highest BCUT2D eigenvalue weighted by Gasteiger charge is 2.30. The molecule has 0 saturated heterocycles. The Morgan fingerprint density at radius 1 is 1.35 bits per heavy atom. The third-order valence-electron chi connectivity index (χ3n) is 3.11. The van der Waals surface area contributed by atoms with Crippen molar-refractivity contribution in [3.05, 3.63) is 52.8 Å². The number of halogens is 3. The lowest BCUT2D eigenvalue weighted by molar-refractivity contribution is -0.137. The van der Waals surface area contributed by atoms with E-state index in [1.807, 2.05) is 0 Å². The van der Waals surface area contributed by atoms with E-state index >= 15 is 0 Å². The first-order valence-electron chi connectivity index (χ1n) is 6.57. The van der Waals surface area contributed by atoms with Crippen LogP contribution in [0.25, 0.3) is 0 Å². The minimum absolute atomic E-state index is 0.145. The summed E-state index contributed by atoms with van der Waals surface area (Å²) in [5.41, 5.74) is 2.76. The predicted octanol–water partition coefficient (Wildman–Crippen LogP) is 3.05. The van der Waals surface area contributed by atoms with E-state index in [4.69, 9.17) is 0 Å². The molecule has 2 rings (SSSR count). The Kier molecular flexibility index (Phi) is 4.85. The molecule has 0 amide bonds. The van der Waals surface area contributed by atoms with Crippen molar-refractivity contribution in [1.29, 1.82) is 0 Å². The van der Waals surface area contributed by atoms with E-state index in [-0.39, 0.29) is 23.6 Å². The van der Waals surface area contributed by atoms with Gasteiger partial charge in [0, 0.05) is 17.3 Å². The molecule has 1 aromatic carbocycles. The first-order valence-corrected chi connectivity index (χ1v) is 6.57. The average Bonchev–Trinajstić information content (AvgIpc) is 2.51. The van der Waals surface area contributed by atoms with Crippen LogP contribution in [0.2, 0.25) is 0 Å². The van der Waals surface area contributed by atoms with E-state index < -0.39 is 11.7 Å². The van der Waals surface area contributed by atoms with Gasteiger partial charge in [0.2, 0.25) is 0 Å². The number of aromatic hydroxyl groups is 1. The van der Waals surface area contributed by atoms with Crippen LogP contribution in [0.4, 0.5) is 18.9 Å². The van der Waals surface area contributed by atoms with Crippen LogP contribution in [-0.4, -0.2) is 21.4 Å². The minimum Gasteiger partial charge on any atom is -0.505 e. The van der Waals surface area contributed by atoms with Crippen LogP contribution in [-0.2, 0) is 12.8 Å². The molecule has 0 radical (unpaired) electrons. The number of nitrogens with zero attached hydrogens (tertiary/aromatic N) is 2. The van der Waals surface area contributed by atoms with E-state index in [0.717, 1.165) is 12.1 Å². The standard InChI is InChI=1S/C15H14F3N3O2/c1-9-14(23)13(10(8-22)6-19-9)7-20-21-12-4-2-3-11(5-12)15(16,17)18/h2-7,21-23H,8H2,1H3. The Bertz CT molecular complexity index is 730. The summed E-state index contributed by atoms with van der Waals surface area (Å²) in [6.07, 6.45) is -1.83. The third kappa shape index (κ3) is 3.98. The van der Waals surface area contributed by atoms with Crippen molar-refractivity contribution < 1.29 is 23.4 Å². The second-order valence-corrected chi connectivity index (χ2v) is 4.74. The first-order chi connectivity index (χ1) is 10.8. The largest absolute Gasteiger partial charge is 0.505 e. The second-order valence-electron chi connectivity index (χ2n) is 4.74. The van der Waals surface area contributed by atoms with Crippen molar-refractivity contribution in [3.63, 3.8) is 0 Å². The highest BCUT2D eigenvalue weighted by atomic mass is 19.4. The van der Waals surface area contributed by atoms with Gasteiger partial charge in [0.25, 0.3) is 0 Å². The number of pyridine rings is 1. The van der Waals surface area contributed by atoms with Gasteiger partial charge in [0.05, 0.1) is 29.8 Å². The van der Waals surface area contributed by atoms with Gasteiger partial charge >= 0.3 is 6.18 Å². The molecule has 8 heteroatoms. The van der Waals surface area contributed by atoms with E-state index in [0.29, 0.717) is 11.3 Å². The number of hydrazone groups is 1. The van der Waals surface area contributed by atoms with Crippen LogP contribution >= 0.6 is 0 Å². The number of benzene rings is 1. The topological polar surface area (TPSA) is 77.7 Å². The maximum atomic E-state index is 12.6. The Hall–Kier alpha value is -2.61. The molecule has 0 spiro atoms. The zero-order chi connectivity index (χ0) is 17.0. The van der Waals surface area contributed by atoms with Crippen molar-refractivity contribution >= 4 is 11.9 Å². The summed E-state index contributed by atoms with van der Waals surface area (Å²) in [5.74, 6) is -0.147. The molecule has 0 saturated carbocycles. The van der Waals surface area contributed by atoms with Crippen LogP contribution in [0.3, 0.4) is 0 Å². The maximum absolute atomic E-state index is 12.6. The van der Waals surface area contributed by atoms with Crippen molar-refractivity contribution in [2.75, 3.05) is 5.43 Å². The molecule has 5 nitrogen and oxygen atoms in total. The molecule has 23 heavy (non-hydrogen) atoms. The summed E-state index contributed by atoms with van der Waals surface area (Å²) in [7, 11) is 0. The zero-order valence-corrected chi connectivity index (χ0v) is 12.1. The highest BCUT2D eigenvalue weighted by Crippen LogP contribution is 2.30. The van der Waals surface area contributed by atoms with Crippen molar-refractivity contribution in [2.24, 2.45) is 5.10 Å². The highest BCUT2D eigenvalue weighted by molar-refractivity contribution is 5.86. The molecule has 1 heterocycles. The number of aliphatic hydroxyl groups is 1. The van der Waals surface area contributed by atoms with Gasteiger partial charge in [0.1, 0.15) is 5.75 Å². The maximum Gasteiger partial charge on any atom is 0.416 e. The van der Waals surface area contributed by atoms with E-state index in [1.54, 1.807) is 6.92 Å². The number of aliphatic hydroxyl groups excluding tert-OH is 1. The normalized spacial score (nSPS) is 11.9. The summed E-state index contributed by atoms with van der Waals surface area (Å²) in [5, 5.41) is 22.9. The van der Waals surface area contributed by atoms with Crippen LogP contribution in [0.15, 0.2) is 35.6 Å². The zero-order valence-electron chi connectivity index (χ0n) is 12.1. The Morgan fingerprint density at radius 2 is 2.09 bits per heavy atom. The van der Waals surface area contributed by atoms with Crippen LogP contribution in [0, 0.1) is 6.92 Å². The van der Waals surface area contributed by atoms with E-state index in [1.165, 1.54) is 24.5 Å². The number of nitrogens with one attached hydrogen (secondary N) is 1. The summed E-state index contributed by atoms with van der Waals surface area (Å²) >= 11 is 0. The lowest BCUT2D eigenvalue weighted by Gasteiger charge is -2.09. The molecule has 122 valence electrons. The number of aryl methyl sites for hydroxylation is 1. The van der Waals surface area contributed by atoms with Crippen LogP contribution in [0.1, 0.15) is 22.4 Å². The van der Waals surface area contributed by atoms with Gasteiger partial charge in [-0.05, 0) is 25.1 Å². The van der Waals surface area contributed by atoms with Gasteiger partial charge in [-0.15, -0.1) is 0 Å². The average molecular weight is 325 g/mol. The van der Waals surface area contributed by atoms with Gasteiger partial charge in [-0.1, -0.05) is 6.07 Å². The number of hydrogen-bond acceptors (Lipinski definition) is 5. The second kappa shape index (κ2) is 6.66. The predicted molar refractivity (Wildman–Crippen MR) is 79.2 cm³/mol. The molecule has 0 aliphatic heterocycles. The fourth-order valence-electron chi connectivity index (χ4n) is 1.86. The lowest BCUT2D eigenvalue weighted by atomic mass is 10.1. The first kappa shape index (κ1) is 16.8. The Morgan fingerprint density at radius 3 is 2.74 bits per heavy atom. The SMILES string of the molecule is Cc1ncc(CO)c(C=NNc2cccc(C(F)(F)F)c2)c1O. The smallest absolute Gasteiger partial charge is 0.416 e. The van der Waals surface area contributed by atoms with Gasteiger partial charge < -0.3 is 10.2 Å². The number of anilines is 1. The number of rotatable bonds is 4. The molecule has 2 aromatic rings. The minimum atomic E-state index is -4.44. The van der Waals surface area contributed by atoms with Gasteiger partial charge in [-0.3, -0.25) is 10.4 Å². The molecule has 3 N–H and O–H groups in total. The van der Waals surface area contributed by atoms with Gasteiger partial charge in [-0.2, -0.15) is 18.3 Å². The summed E-state index contributed by atoms with van der Waals surface area (Å²) in [4.78, 5) is 3.90. The summed E-state index contributed by atoms with van der Waals surface area (Å²) < 4.78 is 37.9. The lowest BCUT2D eigenvalue weighted by Crippen LogP contribution is -2.05. The molecule has 1 aromatic heterocycles. The van der Waals surface area contributed by atoms with E-state index in [9.17, 15) is 23.4 Å². The molecular weight excluding hydrogens is 311 g/mol. The monoisotopic (exact) mass is 325 g/mol. The van der Waals surface area contributed by atoms with Gasteiger partial charge in [-0.25, -0.2) is 0 Å². The molecule has 0 bridgehead atoms. The van der Waals surface area contributed by atoms with Crippen LogP contribution in [0.5, 0.6) is 5.75 Å². The summed E-state index contributed by atoms with van der Waals surface area (Å²) in [6.45, 7) is 1.22. The molecule has 0 atom stereocenters. The molecule has 0 unspecified atom stereocenters. The Labute approximate surface area is 130 Å². The number of hydrogen-bond donors (Lipinski definition) is 3. The van der Waals surface area contributed by atoms with Crippen molar-refractivity contribution in [1.82, 2.24) is 4.98 Å². The fourth-order valence-corrected chi connectivity index (χ4v) is 1.86. The third-order valence-corrected chi connectivity index (χ3v) is 3.11.